The number of hydrogen-bond donors (Lipinski definition) is 4. The van der Waals surface area contributed by atoms with E-state index in [0.717, 1.165) is 0 Å². The summed E-state index contributed by atoms with van der Waals surface area (Å²) in [6, 6.07) is 10.6. The number of amides is 3. The summed E-state index contributed by atoms with van der Waals surface area (Å²) in [5.41, 5.74) is 3.73. The topological polar surface area (TPSA) is 132 Å². The van der Waals surface area contributed by atoms with Crippen molar-refractivity contribution in [2.45, 2.75) is 50.8 Å². The highest BCUT2D eigenvalue weighted by Gasteiger charge is 2.66. The van der Waals surface area contributed by atoms with Gasteiger partial charge in [-0.2, -0.15) is 0 Å². The molecule has 0 radical (unpaired) electrons. The fourth-order valence-electron chi connectivity index (χ4n) is 6.20. The van der Waals surface area contributed by atoms with E-state index in [0.29, 0.717) is 6.42 Å². The standard InChI is InChI=1S/C31H30Cl2F2N4O5/c1-30(2,3)13-21-31(16-9-10-18(33)24(35)25(16)39-28(31)41)22(15-6-5-7-17(32)23(15)34)27(38-21)44-29(42)37-19-11-8-14(26(36)40)12-20(19)43-4/h5-12,21-22,27,38H,13H2,1-4H3,(H2,36,40)(H,37,42)(H,39,41)/t21-,22-,27+,31+/m0/s1. The summed E-state index contributed by atoms with van der Waals surface area (Å²) >= 11 is 12.3. The summed E-state index contributed by atoms with van der Waals surface area (Å²) in [5.74, 6) is -4.03. The highest BCUT2D eigenvalue weighted by molar-refractivity contribution is 6.31. The van der Waals surface area contributed by atoms with Crippen LogP contribution in [0.3, 0.4) is 0 Å². The minimum atomic E-state index is -1.65. The van der Waals surface area contributed by atoms with Crippen LogP contribution in [0.15, 0.2) is 48.5 Å². The monoisotopic (exact) mass is 646 g/mol. The molecule has 5 rings (SSSR count). The van der Waals surface area contributed by atoms with E-state index < -0.39 is 53.1 Å². The summed E-state index contributed by atoms with van der Waals surface area (Å²) in [7, 11) is 1.34. The largest absolute Gasteiger partial charge is 0.495 e. The first-order valence-corrected chi connectivity index (χ1v) is 14.4. The molecule has 232 valence electrons. The first kappa shape index (κ1) is 31.5. The van der Waals surface area contributed by atoms with Crippen LogP contribution in [0.2, 0.25) is 10.0 Å². The number of nitrogens with one attached hydrogen (secondary N) is 3. The lowest BCUT2D eigenvalue weighted by molar-refractivity contribution is -0.122. The number of carbonyl (C=O) groups is 3. The molecule has 44 heavy (non-hydrogen) atoms. The van der Waals surface area contributed by atoms with Gasteiger partial charge in [0.15, 0.2) is 12.0 Å². The molecule has 9 nitrogen and oxygen atoms in total. The van der Waals surface area contributed by atoms with Crippen LogP contribution in [0.25, 0.3) is 0 Å². The van der Waals surface area contributed by atoms with Gasteiger partial charge < -0.3 is 20.5 Å². The third-order valence-electron chi connectivity index (χ3n) is 7.95. The molecule has 0 bridgehead atoms. The SMILES string of the molecule is COc1cc(C(N)=O)ccc1NC(=O)O[C@H]1N[C@@H](CC(C)(C)C)[C@@]2(C(=O)Nc3c2ccc(Cl)c3F)[C@H]1c1cccc(Cl)c1F. The molecule has 1 spiro atoms. The molecule has 2 heterocycles. The zero-order chi connectivity index (χ0) is 32.1. The average molecular weight is 648 g/mol. The molecule has 0 saturated carbocycles. The van der Waals surface area contributed by atoms with Crippen molar-refractivity contribution in [3.63, 3.8) is 0 Å². The highest BCUT2D eigenvalue weighted by Crippen LogP contribution is 2.58. The normalized spacial score (nSPS) is 22.5. The number of ether oxygens (including phenoxy) is 2. The predicted molar refractivity (Wildman–Crippen MR) is 162 cm³/mol. The zero-order valence-corrected chi connectivity index (χ0v) is 25.7. The van der Waals surface area contributed by atoms with E-state index >= 15 is 8.78 Å². The van der Waals surface area contributed by atoms with Crippen LogP contribution in [0.1, 0.15) is 54.6 Å². The molecule has 13 heteroatoms. The first-order chi connectivity index (χ1) is 20.7. The van der Waals surface area contributed by atoms with Gasteiger partial charge in [-0.1, -0.05) is 62.2 Å². The van der Waals surface area contributed by atoms with Gasteiger partial charge in [0.1, 0.15) is 17.0 Å². The van der Waals surface area contributed by atoms with E-state index in [2.05, 4.69) is 16.0 Å². The van der Waals surface area contributed by atoms with E-state index in [-0.39, 0.29) is 49.3 Å². The number of primary amides is 1. The van der Waals surface area contributed by atoms with Crippen LogP contribution in [0.4, 0.5) is 25.0 Å². The second kappa shape index (κ2) is 11.5. The molecule has 0 aromatic heterocycles. The van der Waals surface area contributed by atoms with Crippen molar-refractivity contribution in [1.82, 2.24) is 5.32 Å². The van der Waals surface area contributed by atoms with Crippen molar-refractivity contribution < 1.29 is 32.6 Å². The van der Waals surface area contributed by atoms with E-state index in [4.69, 9.17) is 38.4 Å². The van der Waals surface area contributed by atoms with Crippen LogP contribution in [0, 0.1) is 17.0 Å². The third kappa shape index (κ3) is 5.33. The molecule has 3 aromatic carbocycles. The number of methoxy groups -OCH3 is 1. The molecule has 3 amide bonds. The Hall–Kier alpha value is -3.93. The van der Waals surface area contributed by atoms with Gasteiger partial charge in [0.25, 0.3) is 0 Å². The number of halogens is 4. The lowest BCUT2D eigenvalue weighted by atomic mass is 9.63. The summed E-state index contributed by atoms with van der Waals surface area (Å²) in [5, 5.41) is 8.03. The minimum Gasteiger partial charge on any atom is -0.495 e. The van der Waals surface area contributed by atoms with Gasteiger partial charge >= 0.3 is 6.09 Å². The number of anilines is 2. The van der Waals surface area contributed by atoms with Gasteiger partial charge in [-0.05, 0) is 53.3 Å². The fourth-order valence-corrected chi connectivity index (χ4v) is 6.54. The van der Waals surface area contributed by atoms with Gasteiger partial charge in [-0.25, -0.2) is 13.6 Å². The maximum absolute atomic E-state index is 15.9. The van der Waals surface area contributed by atoms with Crippen molar-refractivity contribution in [3.05, 3.63) is 86.9 Å². The molecule has 3 aromatic rings. The van der Waals surface area contributed by atoms with Crippen molar-refractivity contribution in [2.75, 3.05) is 17.7 Å². The maximum Gasteiger partial charge on any atom is 0.413 e. The van der Waals surface area contributed by atoms with Crippen LogP contribution in [0.5, 0.6) is 5.75 Å². The molecule has 5 N–H and O–H groups in total. The van der Waals surface area contributed by atoms with E-state index in [9.17, 15) is 14.4 Å². The number of carbonyl (C=O) groups excluding carboxylic acids is 3. The predicted octanol–water partition coefficient (Wildman–Crippen LogP) is 6.34. The van der Waals surface area contributed by atoms with Crippen molar-refractivity contribution in [2.24, 2.45) is 11.1 Å². The molecule has 1 fully saturated rings. The Morgan fingerprint density at radius 2 is 1.77 bits per heavy atom. The zero-order valence-electron chi connectivity index (χ0n) is 24.2. The molecule has 0 aliphatic carbocycles. The Labute approximate surface area is 262 Å². The van der Waals surface area contributed by atoms with Gasteiger partial charge in [0, 0.05) is 11.6 Å². The maximum atomic E-state index is 15.9. The van der Waals surface area contributed by atoms with Crippen LogP contribution >= 0.6 is 23.2 Å². The van der Waals surface area contributed by atoms with E-state index in [1.807, 2.05) is 20.8 Å². The fraction of sp³-hybridized carbons (Fsp3) is 0.323. The summed E-state index contributed by atoms with van der Waals surface area (Å²) < 4.78 is 42.4. The molecule has 2 aliphatic heterocycles. The van der Waals surface area contributed by atoms with Crippen LogP contribution in [-0.4, -0.2) is 37.3 Å². The summed E-state index contributed by atoms with van der Waals surface area (Å²) in [6.45, 7) is 5.86. The van der Waals surface area contributed by atoms with Gasteiger partial charge in [-0.15, -0.1) is 0 Å². The molecule has 4 atom stereocenters. The molecule has 2 aliphatic rings. The van der Waals surface area contributed by atoms with Crippen molar-refractivity contribution in [1.29, 1.82) is 0 Å². The lowest BCUT2D eigenvalue weighted by Gasteiger charge is -2.37. The van der Waals surface area contributed by atoms with E-state index in [1.165, 1.54) is 55.6 Å². The minimum absolute atomic E-state index is 0.0130. The molecular weight excluding hydrogens is 617 g/mol. The smallest absolute Gasteiger partial charge is 0.413 e. The Balaban J connectivity index is 1.64. The van der Waals surface area contributed by atoms with Crippen molar-refractivity contribution >= 4 is 52.5 Å². The molecule has 1 saturated heterocycles. The number of rotatable bonds is 6. The quantitative estimate of drug-likeness (QED) is 0.247. The molecule has 0 unspecified atom stereocenters. The average Bonchev–Trinajstić information content (AvgIpc) is 3.41. The Morgan fingerprint density at radius 1 is 1.07 bits per heavy atom. The summed E-state index contributed by atoms with van der Waals surface area (Å²) in [6.07, 6.45) is -1.94. The van der Waals surface area contributed by atoms with Crippen LogP contribution in [-0.2, 0) is 14.9 Å². The third-order valence-corrected chi connectivity index (χ3v) is 8.54. The lowest BCUT2D eigenvalue weighted by Crippen LogP contribution is -2.49. The van der Waals surface area contributed by atoms with Crippen molar-refractivity contribution in [3.8, 4) is 5.75 Å². The van der Waals surface area contributed by atoms with Gasteiger partial charge in [-0.3, -0.25) is 20.2 Å². The number of fused-ring (bicyclic) bond motifs is 2. The second-order valence-electron chi connectivity index (χ2n) is 11.9. The molecular formula is C31H30Cl2F2N4O5. The second-order valence-corrected chi connectivity index (χ2v) is 12.8. The highest BCUT2D eigenvalue weighted by atomic mass is 35.5. The number of hydrogen-bond acceptors (Lipinski definition) is 6. The number of benzene rings is 3. The Morgan fingerprint density at radius 3 is 2.43 bits per heavy atom. The number of nitrogens with two attached hydrogens (primary N) is 1. The van der Waals surface area contributed by atoms with Crippen LogP contribution < -0.4 is 26.4 Å². The summed E-state index contributed by atoms with van der Waals surface area (Å²) in [4.78, 5) is 39.2. The van der Waals surface area contributed by atoms with E-state index in [1.54, 1.807) is 0 Å². The Bertz CT molecular complexity index is 1680. The van der Waals surface area contributed by atoms with Gasteiger partial charge in [0.05, 0.1) is 34.4 Å². The Kier molecular flexibility index (Phi) is 8.25. The van der Waals surface area contributed by atoms with Gasteiger partial charge in [0.2, 0.25) is 11.8 Å². The first-order valence-electron chi connectivity index (χ1n) is 13.6.